The zero-order valence-electron chi connectivity index (χ0n) is 9.65. The van der Waals surface area contributed by atoms with Crippen molar-refractivity contribution >= 4 is 5.97 Å². The summed E-state index contributed by atoms with van der Waals surface area (Å²) in [6, 6.07) is 0. The minimum absolute atomic E-state index is 0.290. The number of carbonyl (C=O) groups excluding carboxylic acids is 1. The predicted molar refractivity (Wildman–Crippen MR) is 60.2 cm³/mol. The molecule has 0 bridgehead atoms. The molecule has 0 aromatic heterocycles. The maximum Gasteiger partial charge on any atom is 0.330 e. The van der Waals surface area contributed by atoms with Crippen molar-refractivity contribution in [1.29, 1.82) is 0 Å². The molecule has 1 atom stereocenters. The number of hydrogen-bond donors (Lipinski definition) is 0. The van der Waals surface area contributed by atoms with Crippen molar-refractivity contribution in [1.82, 2.24) is 0 Å². The second-order valence-corrected chi connectivity index (χ2v) is 3.79. The minimum Gasteiger partial charge on any atom is -0.463 e. The van der Waals surface area contributed by atoms with E-state index in [9.17, 15) is 4.79 Å². The SMILES string of the molecule is C=CC(=O)OCCCCOCC1CCCO1. The Labute approximate surface area is 96.6 Å². The van der Waals surface area contributed by atoms with Crippen LogP contribution in [0.1, 0.15) is 25.7 Å². The number of esters is 1. The lowest BCUT2D eigenvalue weighted by atomic mass is 10.2. The molecule has 0 spiro atoms. The van der Waals surface area contributed by atoms with Crippen LogP contribution in [-0.4, -0.2) is 38.5 Å². The van der Waals surface area contributed by atoms with Crippen LogP contribution in [0.3, 0.4) is 0 Å². The Hall–Kier alpha value is -0.870. The summed E-state index contributed by atoms with van der Waals surface area (Å²) in [7, 11) is 0. The van der Waals surface area contributed by atoms with E-state index in [1.807, 2.05) is 0 Å². The van der Waals surface area contributed by atoms with Crippen LogP contribution in [0.15, 0.2) is 12.7 Å². The molecule has 92 valence electrons. The lowest BCUT2D eigenvalue weighted by Crippen LogP contribution is -2.14. The number of hydrogen-bond acceptors (Lipinski definition) is 4. The van der Waals surface area contributed by atoms with Crippen LogP contribution in [0.25, 0.3) is 0 Å². The van der Waals surface area contributed by atoms with E-state index in [4.69, 9.17) is 14.2 Å². The average Bonchev–Trinajstić information content (AvgIpc) is 2.80. The van der Waals surface area contributed by atoms with Gasteiger partial charge in [-0.3, -0.25) is 0 Å². The lowest BCUT2D eigenvalue weighted by molar-refractivity contribution is -0.137. The molecule has 1 rings (SSSR count). The molecule has 1 aliphatic heterocycles. The van der Waals surface area contributed by atoms with Crippen molar-refractivity contribution in [2.24, 2.45) is 0 Å². The third-order valence-corrected chi connectivity index (χ3v) is 2.42. The number of carbonyl (C=O) groups is 1. The van der Waals surface area contributed by atoms with Crippen LogP contribution in [0.4, 0.5) is 0 Å². The summed E-state index contributed by atoms with van der Waals surface area (Å²) < 4.78 is 15.7. The van der Waals surface area contributed by atoms with Gasteiger partial charge >= 0.3 is 5.97 Å². The van der Waals surface area contributed by atoms with E-state index in [1.54, 1.807) is 0 Å². The second-order valence-electron chi connectivity index (χ2n) is 3.79. The molecule has 16 heavy (non-hydrogen) atoms. The maximum atomic E-state index is 10.7. The molecule has 1 saturated heterocycles. The lowest BCUT2D eigenvalue weighted by Gasteiger charge is -2.09. The monoisotopic (exact) mass is 228 g/mol. The standard InChI is InChI=1S/C12H20O4/c1-2-12(13)16-8-4-3-7-14-10-11-6-5-9-15-11/h2,11H,1,3-10H2. The number of unbranched alkanes of at least 4 members (excludes halogenated alkanes) is 1. The van der Waals surface area contributed by atoms with Gasteiger partial charge in [-0.15, -0.1) is 0 Å². The van der Waals surface area contributed by atoms with Gasteiger partial charge in [0.25, 0.3) is 0 Å². The van der Waals surface area contributed by atoms with E-state index in [2.05, 4.69) is 6.58 Å². The molecule has 0 aromatic carbocycles. The summed E-state index contributed by atoms with van der Waals surface area (Å²) in [4.78, 5) is 10.7. The van der Waals surface area contributed by atoms with Gasteiger partial charge in [0, 0.05) is 19.3 Å². The third kappa shape index (κ3) is 5.88. The highest BCUT2D eigenvalue weighted by Crippen LogP contribution is 2.11. The first-order valence-corrected chi connectivity index (χ1v) is 5.81. The van der Waals surface area contributed by atoms with Crippen molar-refractivity contribution < 1.29 is 19.0 Å². The van der Waals surface area contributed by atoms with E-state index in [0.717, 1.165) is 32.3 Å². The van der Waals surface area contributed by atoms with Gasteiger partial charge < -0.3 is 14.2 Å². The van der Waals surface area contributed by atoms with Crippen molar-refractivity contribution in [2.75, 3.05) is 26.4 Å². The Morgan fingerprint density at radius 2 is 2.25 bits per heavy atom. The number of ether oxygens (including phenoxy) is 3. The van der Waals surface area contributed by atoms with Gasteiger partial charge in [0.15, 0.2) is 0 Å². The summed E-state index contributed by atoms with van der Waals surface area (Å²) in [6.45, 7) is 6.01. The normalized spacial score (nSPS) is 19.6. The quantitative estimate of drug-likeness (QED) is 0.360. The zero-order valence-corrected chi connectivity index (χ0v) is 9.65. The highest BCUT2D eigenvalue weighted by atomic mass is 16.5. The minimum atomic E-state index is -0.361. The van der Waals surface area contributed by atoms with Gasteiger partial charge in [-0.25, -0.2) is 4.79 Å². The van der Waals surface area contributed by atoms with Crippen LogP contribution in [-0.2, 0) is 19.0 Å². The van der Waals surface area contributed by atoms with Gasteiger partial charge in [-0.1, -0.05) is 6.58 Å². The molecular formula is C12H20O4. The van der Waals surface area contributed by atoms with Gasteiger partial charge in [0.1, 0.15) is 0 Å². The summed E-state index contributed by atoms with van der Waals surface area (Å²) in [5.74, 6) is -0.361. The van der Waals surface area contributed by atoms with Crippen molar-refractivity contribution in [3.05, 3.63) is 12.7 Å². The Bertz CT molecular complexity index is 209. The Morgan fingerprint density at radius 1 is 1.44 bits per heavy atom. The molecule has 0 radical (unpaired) electrons. The second kappa shape index (κ2) is 8.30. The molecule has 4 nitrogen and oxygen atoms in total. The summed E-state index contributed by atoms with van der Waals surface area (Å²) in [5.41, 5.74) is 0. The molecule has 1 heterocycles. The summed E-state index contributed by atoms with van der Waals surface area (Å²) in [5, 5.41) is 0. The van der Waals surface area contributed by atoms with Crippen LogP contribution in [0.5, 0.6) is 0 Å². The van der Waals surface area contributed by atoms with Crippen LogP contribution >= 0.6 is 0 Å². The fraction of sp³-hybridized carbons (Fsp3) is 0.750. The van der Waals surface area contributed by atoms with E-state index >= 15 is 0 Å². The first-order chi connectivity index (χ1) is 7.83. The van der Waals surface area contributed by atoms with E-state index in [1.165, 1.54) is 6.08 Å². The molecule has 1 aliphatic rings. The van der Waals surface area contributed by atoms with Crippen molar-refractivity contribution in [3.8, 4) is 0 Å². The molecular weight excluding hydrogens is 208 g/mol. The van der Waals surface area contributed by atoms with Crippen molar-refractivity contribution in [2.45, 2.75) is 31.8 Å². The summed E-state index contributed by atoms with van der Waals surface area (Å²) in [6.07, 6.45) is 5.44. The first-order valence-electron chi connectivity index (χ1n) is 5.81. The number of rotatable bonds is 8. The van der Waals surface area contributed by atoms with Gasteiger partial charge in [-0.2, -0.15) is 0 Å². The van der Waals surface area contributed by atoms with Gasteiger partial charge in [-0.05, 0) is 25.7 Å². The zero-order chi connectivity index (χ0) is 11.6. The Morgan fingerprint density at radius 3 is 2.94 bits per heavy atom. The summed E-state index contributed by atoms with van der Waals surface area (Å²) >= 11 is 0. The molecule has 1 fully saturated rings. The smallest absolute Gasteiger partial charge is 0.330 e. The molecule has 0 aliphatic carbocycles. The fourth-order valence-corrected chi connectivity index (χ4v) is 1.53. The van der Waals surface area contributed by atoms with E-state index in [-0.39, 0.29) is 5.97 Å². The highest BCUT2D eigenvalue weighted by Gasteiger charge is 2.14. The Kier molecular flexibility index (Phi) is 6.85. The van der Waals surface area contributed by atoms with Gasteiger partial charge in [0.05, 0.1) is 19.3 Å². The van der Waals surface area contributed by atoms with Crippen LogP contribution in [0, 0.1) is 0 Å². The molecule has 0 amide bonds. The van der Waals surface area contributed by atoms with Crippen molar-refractivity contribution in [3.63, 3.8) is 0 Å². The highest BCUT2D eigenvalue weighted by molar-refractivity contribution is 5.81. The van der Waals surface area contributed by atoms with Crippen LogP contribution in [0.2, 0.25) is 0 Å². The molecule has 4 heteroatoms. The molecule has 0 saturated carbocycles. The molecule has 0 aromatic rings. The fourth-order valence-electron chi connectivity index (χ4n) is 1.53. The first kappa shape index (κ1) is 13.2. The topological polar surface area (TPSA) is 44.8 Å². The van der Waals surface area contributed by atoms with E-state index < -0.39 is 0 Å². The van der Waals surface area contributed by atoms with E-state index in [0.29, 0.717) is 25.9 Å². The predicted octanol–water partition coefficient (Wildman–Crippen LogP) is 1.69. The van der Waals surface area contributed by atoms with Gasteiger partial charge in [0.2, 0.25) is 0 Å². The average molecular weight is 228 g/mol. The maximum absolute atomic E-state index is 10.7. The molecule has 1 unspecified atom stereocenters. The molecule has 0 N–H and O–H groups in total. The Balaban J connectivity index is 1.80. The van der Waals surface area contributed by atoms with Crippen LogP contribution < -0.4 is 0 Å². The largest absolute Gasteiger partial charge is 0.463 e. The third-order valence-electron chi connectivity index (χ3n) is 2.42.